The number of carbonyl (C=O) groups excluding carboxylic acids is 2. The van der Waals surface area contributed by atoms with Crippen molar-refractivity contribution >= 4 is 23.7 Å². The van der Waals surface area contributed by atoms with E-state index >= 15 is 0 Å². The van der Waals surface area contributed by atoms with Gasteiger partial charge in [-0.2, -0.15) is 5.10 Å². The summed E-state index contributed by atoms with van der Waals surface area (Å²) in [4.78, 5) is 23.4. The number of ether oxygens (including phenoxy) is 1. The molecule has 0 saturated carbocycles. The molecule has 7 nitrogen and oxygen atoms in total. The zero-order chi connectivity index (χ0) is 17.2. The third-order valence-electron chi connectivity index (χ3n) is 2.99. The van der Waals surface area contributed by atoms with E-state index in [2.05, 4.69) is 22.8 Å². The first-order valence-electron chi connectivity index (χ1n) is 7.60. The fourth-order valence-corrected chi connectivity index (χ4v) is 1.73. The van der Waals surface area contributed by atoms with Crippen LogP contribution in [0.25, 0.3) is 0 Å². The number of hydrazone groups is 1. The van der Waals surface area contributed by atoms with E-state index in [1.807, 2.05) is 0 Å². The zero-order valence-corrected chi connectivity index (χ0v) is 13.3. The number of nitrogens with one attached hydrogen (secondary N) is 2. The van der Waals surface area contributed by atoms with Crippen molar-refractivity contribution in [3.8, 4) is 5.75 Å². The Morgan fingerprint density at radius 3 is 2.67 bits per heavy atom. The Balaban J connectivity index is 1.79. The lowest BCUT2D eigenvalue weighted by molar-refractivity contribution is -0.136. The smallest absolute Gasteiger partial charge is 0.329 e. The quantitative estimate of drug-likeness (QED) is 0.353. The number of carbonyl (C=O) groups is 2. The normalized spacial score (nSPS) is 10.5. The largest absolute Gasteiger partial charge is 0.494 e. The lowest BCUT2D eigenvalue weighted by atomic mass is 10.3. The van der Waals surface area contributed by atoms with Crippen molar-refractivity contribution < 1.29 is 18.7 Å². The SMILES string of the molecule is CCCCOc1ccc(NC(=O)C(=O)N/N=C\c2ccco2)cc1. The van der Waals surface area contributed by atoms with E-state index in [1.54, 1.807) is 36.4 Å². The van der Waals surface area contributed by atoms with Gasteiger partial charge in [-0.15, -0.1) is 0 Å². The lowest BCUT2D eigenvalue weighted by Crippen LogP contribution is -2.32. The Kier molecular flexibility index (Phi) is 6.58. The van der Waals surface area contributed by atoms with E-state index in [0.29, 0.717) is 23.8 Å². The first kappa shape index (κ1) is 17.3. The second-order valence-electron chi connectivity index (χ2n) is 4.90. The number of unbranched alkanes of at least 4 members (excludes halogenated alkanes) is 1. The minimum atomic E-state index is -0.874. The monoisotopic (exact) mass is 329 g/mol. The number of furan rings is 1. The summed E-state index contributed by atoms with van der Waals surface area (Å²) in [5, 5.41) is 6.11. The maximum Gasteiger partial charge on any atom is 0.329 e. The third kappa shape index (κ3) is 5.60. The topological polar surface area (TPSA) is 92.9 Å². The van der Waals surface area contributed by atoms with Gasteiger partial charge in [0.15, 0.2) is 0 Å². The molecular formula is C17H19N3O4. The molecule has 2 rings (SSSR count). The molecule has 0 atom stereocenters. The molecule has 0 aliphatic carbocycles. The van der Waals surface area contributed by atoms with Gasteiger partial charge in [0, 0.05) is 5.69 Å². The molecule has 0 fully saturated rings. The zero-order valence-electron chi connectivity index (χ0n) is 13.3. The predicted octanol–water partition coefficient (Wildman–Crippen LogP) is 2.55. The van der Waals surface area contributed by atoms with E-state index in [-0.39, 0.29) is 0 Å². The van der Waals surface area contributed by atoms with E-state index in [0.717, 1.165) is 12.8 Å². The predicted molar refractivity (Wildman–Crippen MR) is 89.9 cm³/mol. The highest BCUT2D eigenvalue weighted by Crippen LogP contribution is 2.15. The molecule has 2 aromatic rings. The van der Waals surface area contributed by atoms with E-state index in [4.69, 9.17) is 9.15 Å². The molecule has 126 valence electrons. The van der Waals surface area contributed by atoms with Crippen LogP contribution in [-0.4, -0.2) is 24.6 Å². The van der Waals surface area contributed by atoms with Gasteiger partial charge in [-0.05, 0) is 42.8 Å². The maximum absolute atomic E-state index is 11.7. The van der Waals surface area contributed by atoms with E-state index < -0.39 is 11.8 Å². The van der Waals surface area contributed by atoms with Crippen LogP contribution in [0.15, 0.2) is 52.2 Å². The molecule has 0 aliphatic rings. The van der Waals surface area contributed by atoms with Crippen molar-refractivity contribution in [2.45, 2.75) is 19.8 Å². The summed E-state index contributed by atoms with van der Waals surface area (Å²) in [5.74, 6) is -0.504. The van der Waals surface area contributed by atoms with Crippen molar-refractivity contribution in [1.82, 2.24) is 5.43 Å². The minimum Gasteiger partial charge on any atom is -0.494 e. The van der Waals surface area contributed by atoms with Crippen LogP contribution in [-0.2, 0) is 9.59 Å². The number of benzene rings is 1. The van der Waals surface area contributed by atoms with Crippen molar-refractivity contribution in [3.63, 3.8) is 0 Å². The summed E-state index contributed by atoms with van der Waals surface area (Å²) in [7, 11) is 0. The fourth-order valence-electron chi connectivity index (χ4n) is 1.73. The molecule has 0 saturated heterocycles. The minimum absolute atomic E-state index is 0.467. The first-order valence-corrected chi connectivity index (χ1v) is 7.60. The standard InChI is InChI=1S/C17H19N3O4/c1-2-3-10-23-14-8-6-13(7-9-14)19-16(21)17(22)20-18-12-15-5-4-11-24-15/h4-9,11-12H,2-3,10H2,1H3,(H,19,21)(H,20,22)/b18-12-. The molecule has 0 aliphatic heterocycles. The third-order valence-corrected chi connectivity index (χ3v) is 2.99. The summed E-state index contributed by atoms with van der Waals surface area (Å²) in [6.07, 6.45) is 4.82. The molecule has 24 heavy (non-hydrogen) atoms. The van der Waals surface area contributed by atoms with Crippen molar-refractivity contribution in [3.05, 3.63) is 48.4 Å². The van der Waals surface area contributed by atoms with Gasteiger partial charge in [0.05, 0.1) is 19.1 Å². The molecule has 1 aromatic carbocycles. The van der Waals surface area contributed by atoms with Crippen LogP contribution < -0.4 is 15.5 Å². The van der Waals surface area contributed by atoms with Crippen LogP contribution in [0.2, 0.25) is 0 Å². The van der Waals surface area contributed by atoms with Crippen molar-refractivity contribution in [2.24, 2.45) is 5.10 Å². The number of hydrogen-bond donors (Lipinski definition) is 2. The van der Waals surface area contributed by atoms with Gasteiger partial charge < -0.3 is 14.5 Å². The number of anilines is 1. The number of amides is 2. The number of nitrogens with zero attached hydrogens (tertiary/aromatic N) is 1. The Morgan fingerprint density at radius 2 is 2.00 bits per heavy atom. The molecule has 0 bridgehead atoms. The molecule has 1 heterocycles. The summed E-state index contributed by atoms with van der Waals surface area (Å²) >= 11 is 0. The second-order valence-corrected chi connectivity index (χ2v) is 4.90. The molecule has 2 amide bonds. The van der Waals surface area contributed by atoms with Gasteiger partial charge in [0.1, 0.15) is 11.5 Å². The summed E-state index contributed by atoms with van der Waals surface area (Å²) in [5.41, 5.74) is 2.61. The average Bonchev–Trinajstić information content (AvgIpc) is 3.10. The highest BCUT2D eigenvalue weighted by Gasteiger charge is 2.12. The van der Waals surface area contributed by atoms with Crippen LogP contribution in [0.3, 0.4) is 0 Å². The summed E-state index contributed by atoms with van der Waals surface area (Å²) in [6.45, 7) is 2.74. The molecule has 1 aromatic heterocycles. The van der Waals surface area contributed by atoms with Crippen LogP contribution in [0, 0.1) is 0 Å². The van der Waals surface area contributed by atoms with Gasteiger partial charge in [0.25, 0.3) is 0 Å². The van der Waals surface area contributed by atoms with Crippen molar-refractivity contribution in [1.29, 1.82) is 0 Å². The number of hydrogen-bond acceptors (Lipinski definition) is 5. The highest BCUT2D eigenvalue weighted by molar-refractivity contribution is 6.39. The molecule has 0 radical (unpaired) electrons. The second kappa shape index (κ2) is 9.14. The number of rotatable bonds is 7. The van der Waals surface area contributed by atoms with Gasteiger partial charge in [-0.1, -0.05) is 13.3 Å². The highest BCUT2D eigenvalue weighted by atomic mass is 16.5. The molecule has 7 heteroatoms. The van der Waals surface area contributed by atoms with E-state index in [1.165, 1.54) is 12.5 Å². The van der Waals surface area contributed by atoms with Gasteiger partial charge in [-0.25, -0.2) is 5.43 Å². The molecule has 0 spiro atoms. The molecule has 0 unspecified atom stereocenters. The maximum atomic E-state index is 11.7. The Bertz CT molecular complexity index is 678. The molecule has 2 N–H and O–H groups in total. The van der Waals surface area contributed by atoms with Crippen molar-refractivity contribution in [2.75, 3.05) is 11.9 Å². The summed E-state index contributed by atoms with van der Waals surface area (Å²) in [6, 6.07) is 10.2. The van der Waals surface area contributed by atoms with Gasteiger partial charge in [-0.3, -0.25) is 9.59 Å². The Labute approximate surface area is 139 Å². The van der Waals surface area contributed by atoms with Crippen LogP contribution >= 0.6 is 0 Å². The average molecular weight is 329 g/mol. The summed E-state index contributed by atoms with van der Waals surface area (Å²) < 4.78 is 10.5. The lowest BCUT2D eigenvalue weighted by Gasteiger charge is -2.07. The Morgan fingerprint density at radius 1 is 1.21 bits per heavy atom. The van der Waals surface area contributed by atoms with Crippen LogP contribution in [0.4, 0.5) is 5.69 Å². The fraction of sp³-hybridized carbons (Fsp3) is 0.235. The van der Waals surface area contributed by atoms with E-state index in [9.17, 15) is 9.59 Å². The first-order chi connectivity index (χ1) is 11.7. The Hall–Kier alpha value is -3.09. The van der Waals surface area contributed by atoms with Crippen LogP contribution in [0.5, 0.6) is 5.75 Å². The van der Waals surface area contributed by atoms with Gasteiger partial charge >= 0.3 is 11.8 Å². The van der Waals surface area contributed by atoms with Crippen LogP contribution in [0.1, 0.15) is 25.5 Å². The van der Waals surface area contributed by atoms with Gasteiger partial charge in [0.2, 0.25) is 0 Å². The molecular weight excluding hydrogens is 310 g/mol.